The Morgan fingerprint density at radius 3 is 2.60 bits per heavy atom. The first kappa shape index (κ1) is 20.7. The van der Waals surface area contributed by atoms with E-state index in [4.69, 9.17) is 9.47 Å². The second kappa shape index (κ2) is 9.46. The molecule has 9 heteroatoms. The molecule has 0 aliphatic heterocycles. The molecule has 9 nitrogen and oxygen atoms in total. The van der Waals surface area contributed by atoms with Gasteiger partial charge in [-0.15, -0.1) is 0 Å². The molecular formula is C21H19N3O6. The lowest BCUT2D eigenvalue weighted by Crippen LogP contribution is -2.34. The number of para-hydroxylation sites is 2. The number of hydrogen-bond donors (Lipinski definition) is 2. The number of H-pyrrole nitrogens is 1. The molecule has 154 valence electrons. The van der Waals surface area contributed by atoms with Crippen LogP contribution in [0.5, 0.6) is 5.75 Å². The summed E-state index contributed by atoms with van der Waals surface area (Å²) in [4.78, 5) is 54.8. The number of ether oxygens (including phenoxy) is 2. The molecule has 2 amide bonds. The topological polar surface area (TPSA) is 127 Å². The van der Waals surface area contributed by atoms with Gasteiger partial charge in [-0.1, -0.05) is 24.3 Å². The molecule has 3 rings (SSSR count). The molecule has 0 fully saturated rings. The first-order valence-corrected chi connectivity index (χ1v) is 9.08. The second-order valence-electron chi connectivity index (χ2n) is 6.27. The highest BCUT2D eigenvalue weighted by Crippen LogP contribution is 2.16. The maximum absolute atomic E-state index is 12.1. The van der Waals surface area contributed by atoms with Gasteiger partial charge in [0, 0.05) is 6.42 Å². The predicted octanol–water partition coefficient (Wildman–Crippen LogP) is 1.36. The first-order chi connectivity index (χ1) is 14.5. The van der Waals surface area contributed by atoms with Crippen LogP contribution in [0.1, 0.15) is 22.6 Å². The third kappa shape index (κ3) is 5.07. The highest BCUT2D eigenvalue weighted by atomic mass is 16.5. The number of carbonyl (C=O) groups excluding carboxylic acids is 3. The van der Waals surface area contributed by atoms with Gasteiger partial charge in [0.2, 0.25) is 0 Å². The summed E-state index contributed by atoms with van der Waals surface area (Å²) in [6, 6.07) is 13.3. The number of aromatic amines is 1. The highest BCUT2D eigenvalue weighted by molar-refractivity contribution is 6.06. The van der Waals surface area contributed by atoms with Gasteiger partial charge in [-0.2, -0.15) is 0 Å². The molecule has 0 saturated carbocycles. The van der Waals surface area contributed by atoms with Crippen LogP contribution in [-0.2, 0) is 20.7 Å². The molecule has 0 saturated heterocycles. The molecule has 1 heterocycles. The molecule has 30 heavy (non-hydrogen) atoms. The molecule has 0 atom stereocenters. The van der Waals surface area contributed by atoms with Crippen molar-refractivity contribution < 1.29 is 23.9 Å². The quantitative estimate of drug-likeness (QED) is 0.564. The van der Waals surface area contributed by atoms with Gasteiger partial charge in [0.25, 0.3) is 17.4 Å². The van der Waals surface area contributed by atoms with Crippen LogP contribution >= 0.6 is 0 Å². The smallest absolute Gasteiger partial charge is 0.306 e. The molecule has 0 spiro atoms. The number of aryl methyl sites for hydroxylation is 1. The molecule has 0 aliphatic carbocycles. The van der Waals surface area contributed by atoms with E-state index in [1.165, 1.54) is 13.2 Å². The molecule has 2 N–H and O–H groups in total. The van der Waals surface area contributed by atoms with Crippen molar-refractivity contribution in [1.82, 2.24) is 15.3 Å². The minimum absolute atomic E-state index is 0.0883. The first-order valence-electron chi connectivity index (χ1n) is 9.08. The number of imide groups is 1. The van der Waals surface area contributed by atoms with Crippen molar-refractivity contribution in [2.24, 2.45) is 0 Å². The number of fused-ring (bicyclic) bond motifs is 1. The van der Waals surface area contributed by atoms with E-state index in [1.54, 1.807) is 42.5 Å². The van der Waals surface area contributed by atoms with Crippen molar-refractivity contribution in [3.8, 4) is 5.75 Å². The third-order valence-corrected chi connectivity index (χ3v) is 4.20. The Kier molecular flexibility index (Phi) is 6.53. The number of nitrogens with one attached hydrogen (secondary N) is 2. The highest BCUT2D eigenvalue weighted by Gasteiger charge is 2.16. The molecule has 0 aliphatic rings. The van der Waals surface area contributed by atoms with Gasteiger partial charge in [-0.3, -0.25) is 24.5 Å². The fourth-order valence-electron chi connectivity index (χ4n) is 2.75. The summed E-state index contributed by atoms with van der Waals surface area (Å²) in [5.74, 6) is -1.43. The number of amides is 2. The van der Waals surface area contributed by atoms with Crippen LogP contribution in [0.3, 0.4) is 0 Å². The lowest BCUT2D eigenvalue weighted by atomic mass is 10.2. The predicted molar refractivity (Wildman–Crippen MR) is 107 cm³/mol. The van der Waals surface area contributed by atoms with Crippen LogP contribution in [-0.4, -0.2) is 41.5 Å². The lowest BCUT2D eigenvalue weighted by Gasteiger charge is -2.08. The van der Waals surface area contributed by atoms with Crippen molar-refractivity contribution in [1.29, 1.82) is 0 Å². The Bertz CT molecular complexity index is 1150. The summed E-state index contributed by atoms with van der Waals surface area (Å²) >= 11 is 0. The number of esters is 1. The van der Waals surface area contributed by atoms with Gasteiger partial charge in [-0.25, -0.2) is 4.98 Å². The number of rotatable bonds is 7. The molecule has 0 unspecified atom stereocenters. The van der Waals surface area contributed by atoms with E-state index in [-0.39, 0.29) is 24.0 Å². The number of benzene rings is 2. The number of nitrogens with zero attached hydrogens (tertiary/aromatic N) is 1. The van der Waals surface area contributed by atoms with E-state index < -0.39 is 24.4 Å². The molecule has 3 aromatic rings. The second-order valence-corrected chi connectivity index (χ2v) is 6.27. The lowest BCUT2D eigenvalue weighted by molar-refractivity contribution is -0.148. The number of hydrogen-bond acceptors (Lipinski definition) is 7. The summed E-state index contributed by atoms with van der Waals surface area (Å²) in [5, 5.41) is 2.59. The minimum atomic E-state index is -0.767. The van der Waals surface area contributed by atoms with Crippen molar-refractivity contribution >= 4 is 28.7 Å². The van der Waals surface area contributed by atoms with E-state index in [0.717, 1.165) is 0 Å². The van der Waals surface area contributed by atoms with Crippen LogP contribution in [0.4, 0.5) is 0 Å². The summed E-state index contributed by atoms with van der Waals surface area (Å²) in [6.45, 7) is -0.610. The summed E-state index contributed by atoms with van der Waals surface area (Å²) in [6.07, 6.45) is 0.0513. The maximum Gasteiger partial charge on any atom is 0.306 e. The van der Waals surface area contributed by atoms with E-state index in [1.807, 2.05) is 0 Å². The SMILES string of the molecule is COc1ccccc1C(=O)NC(=O)COC(=O)CCc1nc2ccccc2c(=O)[nH]1. The van der Waals surface area contributed by atoms with Crippen molar-refractivity contribution in [3.63, 3.8) is 0 Å². The monoisotopic (exact) mass is 409 g/mol. The Morgan fingerprint density at radius 2 is 1.80 bits per heavy atom. The normalized spacial score (nSPS) is 10.4. The van der Waals surface area contributed by atoms with E-state index in [2.05, 4.69) is 15.3 Å². The fourth-order valence-corrected chi connectivity index (χ4v) is 2.75. The molecule has 0 radical (unpaired) electrons. The molecule has 1 aromatic heterocycles. The van der Waals surface area contributed by atoms with Crippen molar-refractivity contribution in [3.05, 3.63) is 70.3 Å². The number of carbonyl (C=O) groups is 3. The van der Waals surface area contributed by atoms with Gasteiger partial charge in [0.15, 0.2) is 6.61 Å². The van der Waals surface area contributed by atoms with Crippen LogP contribution in [0, 0.1) is 0 Å². The van der Waals surface area contributed by atoms with Crippen molar-refractivity contribution in [2.45, 2.75) is 12.8 Å². The number of aromatic nitrogens is 2. The zero-order chi connectivity index (χ0) is 21.5. The zero-order valence-corrected chi connectivity index (χ0v) is 16.1. The maximum atomic E-state index is 12.1. The van der Waals surface area contributed by atoms with Gasteiger partial charge in [0.1, 0.15) is 11.6 Å². The summed E-state index contributed by atoms with van der Waals surface area (Å²) in [5.41, 5.74) is 0.419. The minimum Gasteiger partial charge on any atom is -0.496 e. The van der Waals surface area contributed by atoms with Crippen LogP contribution < -0.4 is 15.6 Å². The fraction of sp³-hybridized carbons (Fsp3) is 0.190. The average Bonchev–Trinajstić information content (AvgIpc) is 2.76. The Labute approximate surface area is 171 Å². The van der Waals surface area contributed by atoms with Crippen LogP contribution in [0.25, 0.3) is 10.9 Å². The standard InChI is InChI=1S/C21H19N3O6/c1-29-16-9-5-3-7-14(16)21(28)24-18(25)12-30-19(26)11-10-17-22-15-8-4-2-6-13(15)20(27)23-17/h2-9H,10-12H2,1H3,(H,22,23,27)(H,24,25,28). The van der Waals surface area contributed by atoms with E-state index in [9.17, 15) is 19.2 Å². The zero-order valence-electron chi connectivity index (χ0n) is 16.1. The summed E-state index contributed by atoms with van der Waals surface area (Å²) < 4.78 is 9.95. The van der Waals surface area contributed by atoms with Crippen LogP contribution in [0.15, 0.2) is 53.3 Å². The molecule has 0 bridgehead atoms. The largest absolute Gasteiger partial charge is 0.496 e. The van der Waals surface area contributed by atoms with Gasteiger partial charge in [-0.05, 0) is 24.3 Å². The Morgan fingerprint density at radius 1 is 1.07 bits per heavy atom. The van der Waals surface area contributed by atoms with Gasteiger partial charge in [0.05, 0.1) is 30.0 Å². The Balaban J connectivity index is 1.49. The van der Waals surface area contributed by atoms with E-state index >= 15 is 0 Å². The molecular weight excluding hydrogens is 390 g/mol. The summed E-state index contributed by atoms with van der Waals surface area (Å²) in [7, 11) is 1.41. The van der Waals surface area contributed by atoms with Crippen LogP contribution in [0.2, 0.25) is 0 Å². The Hall–Kier alpha value is -4.01. The third-order valence-electron chi connectivity index (χ3n) is 4.20. The van der Waals surface area contributed by atoms with Gasteiger partial charge < -0.3 is 14.5 Å². The van der Waals surface area contributed by atoms with Gasteiger partial charge >= 0.3 is 5.97 Å². The van der Waals surface area contributed by atoms with E-state index in [0.29, 0.717) is 22.5 Å². The number of methoxy groups -OCH3 is 1. The molecule has 2 aromatic carbocycles. The van der Waals surface area contributed by atoms with Crippen molar-refractivity contribution in [2.75, 3.05) is 13.7 Å². The average molecular weight is 409 g/mol.